The number of rotatable bonds is 5. The van der Waals surface area contributed by atoms with Gasteiger partial charge in [-0.2, -0.15) is 0 Å². The minimum atomic E-state index is -0.443. The first-order chi connectivity index (χ1) is 14.1. The molecule has 0 bridgehead atoms. The zero-order chi connectivity index (χ0) is 20.2. The van der Waals surface area contributed by atoms with Gasteiger partial charge in [0.15, 0.2) is 5.16 Å². The second-order valence-corrected chi connectivity index (χ2v) is 8.19. The standard InChI is InChI=1S/C22H24N4O2S/c1-15-9-11-16(12-10-15)26-19-8-3-2-6-17(19)25-22(26)29-14-20(27)24-18-7-4-5-13-23-21(18)28/h2-3,6,8-12,18H,4-5,7,13-14H2,1H3,(H,23,28)(H,24,27). The van der Waals surface area contributed by atoms with Crippen LogP contribution in [0.4, 0.5) is 0 Å². The molecule has 0 aliphatic carbocycles. The van der Waals surface area contributed by atoms with Gasteiger partial charge in [0.25, 0.3) is 0 Å². The zero-order valence-electron chi connectivity index (χ0n) is 16.4. The van der Waals surface area contributed by atoms with E-state index in [-0.39, 0.29) is 17.6 Å². The quantitative estimate of drug-likeness (QED) is 0.636. The molecule has 1 fully saturated rings. The lowest BCUT2D eigenvalue weighted by molar-refractivity contribution is -0.127. The molecule has 0 radical (unpaired) electrons. The first kappa shape index (κ1) is 19.5. The summed E-state index contributed by atoms with van der Waals surface area (Å²) in [6.07, 6.45) is 2.57. The summed E-state index contributed by atoms with van der Waals surface area (Å²) in [5.74, 6) is -0.0359. The third-order valence-corrected chi connectivity index (χ3v) is 5.96. The number of para-hydroxylation sites is 2. The number of nitrogens with one attached hydrogen (secondary N) is 2. The van der Waals surface area contributed by atoms with Gasteiger partial charge in [-0.1, -0.05) is 41.6 Å². The van der Waals surface area contributed by atoms with Gasteiger partial charge in [0.2, 0.25) is 11.8 Å². The number of fused-ring (bicyclic) bond motifs is 1. The molecule has 29 heavy (non-hydrogen) atoms. The molecule has 2 N–H and O–H groups in total. The Morgan fingerprint density at radius 3 is 2.83 bits per heavy atom. The predicted octanol–water partition coefficient (Wildman–Crippen LogP) is 3.21. The summed E-state index contributed by atoms with van der Waals surface area (Å²) in [6, 6.07) is 15.8. The van der Waals surface area contributed by atoms with Gasteiger partial charge in [0.05, 0.1) is 16.8 Å². The molecule has 150 valence electrons. The van der Waals surface area contributed by atoms with Crippen LogP contribution in [0, 0.1) is 6.92 Å². The second-order valence-electron chi connectivity index (χ2n) is 7.25. The van der Waals surface area contributed by atoms with Crippen LogP contribution in [0.25, 0.3) is 16.7 Å². The summed E-state index contributed by atoms with van der Waals surface area (Å²) < 4.78 is 2.07. The Kier molecular flexibility index (Phi) is 5.85. The van der Waals surface area contributed by atoms with Crippen LogP contribution in [0.5, 0.6) is 0 Å². The lowest BCUT2D eigenvalue weighted by Crippen LogP contribution is -2.46. The summed E-state index contributed by atoms with van der Waals surface area (Å²) in [5, 5.41) is 6.48. The summed E-state index contributed by atoms with van der Waals surface area (Å²) in [7, 11) is 0. The van der Waals surface area contributed by atoms with Gasteiger partial charge in [0, 0.05) is 12.2 Å². The smallest absolute Gasteiger partial charge is 0.242 e. The molecular formula is C22H24N4O2S. The Hall–Kier alpha value is -2.80. The molecule has 4 rings (SSSR count). The van der Waals surface area contributed by atoms with Gasteiger partial charge in [0.1, 0.15) is 6.04 Å². The van der Waals surface area contributed by atoms with Crippen molar-refractivity contribution in [1.29, 1.82) is 0 Å². The van der Waals surface area contributed by atoms with Gasteiger partial charge < -0.3 is 10.6 Å². The molecule has 3 aromatic rings. The van der Waals surface area contributed by atoms with Crippen molar-refractivity contribution in [3.05, 3.63) is 54.1 Å². The molecule has 1 aromatic heterocycles. The summed E-state index contributed by atoms with van der Waals surface area (Å²) in [5.41, 5.74) is 4.09. The molecule has 2 amide bonds. The molecule has 1 unspecified atom stereocenters. The van der Waals surface area contributed by atoms with Crippen LogP contribution in [-0.4, -0.2) is 39.7 Å². The topological polar surface area (TPSA) is 76.0 Å². The number of thioether (sulfide) groups is 1. The molecule has 6 nitrogen and oxygen atoms in total. The zero-order valence-corrected chi connectivity index (χ0v) is 17.2. The van der Waals surface area contributed by atoms with Crippen LogP contribution < -0.4 is 10.6 Å². The Morgan fingerprint density at radius 2 is 2.00 bits per heavy atom. The van der Waals surface area contributed by atoms with Gasteiger partial charge in [-0.3, -0.25) is 14.2 Å². The number of hydrogen-bond acceptors (Lipinski definition) is 4. The van der Waals surface area contributed by atoms with Crippen LogP contribution in [0.1, 0.15) is 24.8 Å². The van der Waals surface area contributed by atoms with Gasteiger partial charge in [-0.15, -0.1) is 0 Å². The maximum absolute atomic E-state index is 12.5. The Morgan fingerprint density at radius 1 is 1.21 bits per heavy atom. The monoisotopic (exact) mass is 408 g/mol. The van der Waals surface area contributed by atoms with Crippen molar-refractivity contribution in [3.8, 4) is 5.69 Å². The molecule has 2 heterocycles. The van der Waals surface area contributed by atoms with Crippen molar-refractivity contribution < 1.29 is 9.59 Å². The molecular weight excluding hydrogens is 384 g/mol. The third-order valence-electron chi connectivity index (χ3n) is 5.03. The number of carbonyl (C=O) groups is 2. The maximum Gasteiger partial charge on any atom is 0.242 e. The highest BCUT2D eigenvalue weighted by molar-refractivity contribution is 7.99. The third kappa shape index (κ3) is 4.45. The highest BCUT2D eigenvalue weighted by Gasteiger charge is 2.23. The van der Waals surface area contributed by atoms with Crippen LogP contribution >= 0.6 is 11.8 Å². The minimum Gasteiger partial charge on any atom is -0.354 e. The average molecular weight is 409 g/mol. The van der Waals surface area contributed by atoms with E-state index < -0.39 is 6.04 Å². The van der Waals surface area contributed by atoms with Gasteiger partial charge >= 0.3 is 0 Å². The number of benzene rings is 2. The van der Waals surface area contributed by atoms with Crippen molar-refractivity contribution in [2.24, 2.45) is 0 Å². The number of hydrogen-bond donors (Lipinski definition) is 2. The van der Waals surface area contributed by atoms with Crippen molar-refractivity contribution in [2.45, 2.75) is 37.4 Å². The Labute approximate surface area is 174 Å². The molecule has 7 heteroatoms. The highest BCUT2D eigenvalue weighted by Crippen LogP contribution is 2.28. The Bertz CT molecular complexity index is 1030. The van der Waals surface area contributed by atoms with E-state index in [1.165, 1.54) is 17.3 Å². The SMILES string of the molecule is Cc1ccc(-n2c(SCC(=O)NC3CCCCNC3=O)nc3ccccc32)cc1. The van der Waals surface area contributed by atoms with E-state index in [4.69, 9.17) is 4.98 Å². The molecule has 1 aliphatic rings. The number of aryl methyl sites for hydroxylation is 1. The highest BCUT2D eigenvalue weighted by atomic mass is 32.2. The predicted molar refractivity (Wildman–Crippen MR) is 115 cm³/mol. The van der Waals surface area contributed by atoms with Crippen molar-refractivity contribution in [2.75, 3.05) is 12.3 Å². The lowest BCUT2D eigenvalue weighted by atomic mass is 10.1. The van der Waals surface area contributed by atoms with Gasteiger partial charge in [-0.25, -0.2) is 4.98 Å². The lowest BCUT2D eigenvalue weighted by Gasteiger charge is -2.15. The van der Waals surface area contributed by atoms with E-state index >= 15 is 0 Å². The molecule has 1 aliphatic heterocycles. The van der Waals surface area contributed by atoms with E-state index in [9.17, 15) is 9.59 Å². The van der Waals surface area contributed by atoms with E-state index in [1.54, 1.807) is 0 Å². The summed E-state index contributed by atoms with van der Waals surface area (Å²) >= 11 is 1.38. The van der Waals surface area contributed by atoms with E-state index in [0.717, 1.165) is 34.7 Å². The van der Waals surface area contributed by atoms with Crippen LogP contribution in [0.3, 0.4) is 0 Å². The summed E-state index contributed by atoms with van der Waals surface area (Å²) in [6.45, 7) is 2.74. The normalized spacial score (nSPS) is 17.0. The number of amides is 2. The fraction of sp³-hybridized carbons (Fsp3) is 0.318. The molecule has 1 atom stereocenters. The van der Waals surface area contributed by atoms with Crippen LogP contribution in [0.15, 0.2) is 53.7 Å². The number of aromatic nitrogens is 2. The molecule has 0 saturated carbocycles. The number of carbonyl (C=O) groups excluding carboxylic acids is 2. The second kappa shape index (κ2) is 8.69. The first-order valence-corrected chi connectivity index (χ1v) is 10.8. The van der Waals surface area contributed by atoms with Crippen LogP contribution in [-0.2, 0) is 9.59 Å². The summed E-state index contributed by atoms with van der Waals surface area (Å²) in [4.78, 5) is 29.3. The Balaban J connectivity index is 1.53. The largest absolute Gasteiger partial charge is 0.354 e. The minimum absolute atomic E-state index is 0.0901. The molecule has 0 spiro atoms. The first-order valence-electron chi connectivity index (χ1n) is 9.86. The number of nitrogens with zero attached hydrogens (tertiary/aromatic N) is 2. The average Bonchev–Trinajstić information content (AvgIpc) is 2.98. The van der Waals surface area contributed by atoms with E-state index in [1.807, 2.05) is 24.3 Å². The molecule has 2 aromatic carbocycles. The van der Waals surface area contributed by atoms with Gasteiger partial charge in [-0.05, 0) is 50.5 Å². The molecule has 1 saturated heterocycles. The van der Waals surface area contributed by atoms with Crippen LogP contribution in [0.2, 0.25) is 0 Å². The van der Waals surface area contributed by atoms with Crippen molar-refractivity contribution in [1.82, 2.24) is 20.2 Å². The van der Waals surface area contributed by atoms with E-state index in [2.05, 4.69) is 46.4 Å². The van der Waals surface area contributed by atoms with Crippen molar-refractivity contribution in [3.63, 3.8) is 0 Å². The number of imidazole rings is 1. The van der Waals surface area contributed by atoms with Crippen molar-refractivity contribution >= 4 is 34.6 Å². The fourth-order valence-corrected chi connectivity index (χ4v) is 4.33. The maximum atomic E-state index is 12.5. The van der Waals surface area contributed by atoms with E-state index in [0.29, 0.717) is 13.0 Å². The fourth-order valence-electron chi connectivity index (χ4n) is 3.49.